The highest BCUT2D eigenvalue weighted by Crippen LogP contribution is 2.03. The van der Waals surface area contributed by atoms with Gasteiger partial charge in [0.25, 0.3) is 0 Å². The second-order valence-electron chi connectivity index (χ2n) is 3.43. The Labute approximate surface area is 85.8 Å². The largest absolute Gasteiger partial charge is 0.337 e. The molecule has 0 fully saturated rings. The van der Waals surface area contributed by atoms with Crippen molar-refractivity contribution in [1.82, 2.24) is 5.32 Å². The van der Waals surface area contributed by atoms with Gasteiger partial charge in [0.1, 0.15) is 6.04 Å². The molecule has 1 atom stereocenters. The zero-order valence-corrected chi connectivity index (χ0v) is 8.97. The minimum absolute atomic E-state index is 0.229. The quantitative estimate of drug-likeness (QED) is 0.520. The first-order chi connectivity index (χ1) is 6.61. The van der Waals surface area contributed by atoms with Crippen LogP contribution in [-0.2, 0) is 4.79 Å². The van der Waals surface area contributed by atoms with Crippen molar-refractivity contribution in [2.75, 3.05) is 0 Å². The van der Waals surface area contributed by atoms with Crippen LogP contribution in [0.4, 0.5) is 0 Å². The summed E-state index contributed by atoms with van der Waals surface area (Å²) in [4.78, 5) is 11.2. The van der Waals surface area contributed by atoms with Gasteiger partial charge in [-0.25, -0.2) is 0 Å². The molecule has 14 heavy (non-hydrogen) atoms. The summed E-state index contributed by atoms with van der Waals surface area (Å²) in [5.74, 6) is -0.229. The van der Waals surface area contributed by atoms with Crippen LogP contribution in [0.2, 0.25) is 0 Å². The Hall–Kier alpha value is -1.30. The topological polar surface area (TPSA) is 52.9 Å². The van der Waals surface area contributed by atoms with Gasteiger partial charge in [-0.05, 0) is 13.3 Å². The fourth-order valence-electron chi connectivity index (χ4n) is 1.05. The molecule has 0 aromatic heterocycles. The van der Waals surface area contributed by atoms with Gasteiger partial charge in [0.15, 0.2) is 0 Å². The molecule has 0 saturated heterocycles. The van der Waals surface area contributed by atoms with E-state index in [1.807, 2.05) is 0 Å². The highest BCUT2D eigenvalue weighted by molar-refractivity contribution is 5.92. The average molecular weight is 194 g/mol. The summed E-state index contributed by atoms with van der Waals surface area (Å²) >= 11 is 0. The lowest BCUT2D eigenvalue weighted by molar-refractivity contribution is -0.117. The summed E-state index contributed by atoms with van der Waals surface area (Å²) in [7, 11) is 0. The molecule has 1 unspecified atom stereocenters. The Morgan fingerprint density at radius 2 is 2.21 bits per heavy atom. The Kier molecular flexibility index (Phi) is 6.47. The van der Waals surface area contributed by atoms with Crippen LogP contribution >= 0.6 is 0 Å². The Balaban J connectivity index is 3.86. The highest BCUT2D eigenvalue weighted by Gasteiger charge is 2.10. The van der Waals surface area contributed by atoms with Gasteiger partial charge in [0.2, 0.25) is 5.91 Å². The Morgan fingerprint density at radius 3 is 2.64 bits per heavy atom. The van der Waals surface area contributed by atoms with Crippen LogP contribution in [0.25, 0.3) is 0 Å². The van der Waals surface area contributed by atoms with E-state index >= 15 is 0 Å². The third kappa shape index (κ3) is 5.36. The Bertz CT molecular complexity index is 240. The first kappa shape index (κ1) is 12.7. The number of nitriles is 1. The van der Waals surface area contributed by atoms with Crippen LogP contribution in [0, 0.1) is 11.3 Å². The minimum atomic E-state index is -0.370. The van der Waals surface area contributed by atoms with Crippen molar-refractivity contribution in [2.45, 2.75) is 45.6 Å². The number of nitrogens with zero attached hydrogens (tertiary/aromatic N) is 1. The van der Waals surface area contributed by atoms with E-state index in [4.69, 9.17) is 5.26 Å². The standard InChI is InChI=1S/C11H18N2O/c1-4-5-6-7-10(8-12)13-11(14)9(2)3/h10H,2,4-7H2,1,3H3,(H,13,14). The maximum absolute atomic E-state index is 11.2. The van der Waals surface area contributed by atoms with Gasteiger partial charge in [-0.15, -0.1) is 0 Å². The molecule has 3 nitrogen and oxygen atoms in total. The SMILES string of the molecule is C=C(C)C(=O)NC(C#N)CCCCC. The number of carbonyl (C=O) groups is 1. The number of hydrogen-bond donors (Lipinski definition) is 1. The summed E-state index contributed by atoms with van der Waals surface area (Å²) in [5.41, 5.74) is 0.445. The van der Waals surface area contributed by atoms with E-state index in [-0.39, 0.29) is 11.9 Å². The van der Waals surface area contributed by atoms with Crippen molar-refractivity contribution in [3.8, 4) is 6.07 Å². The molecule has 78 valence electrons. The van der Waals surface area contributed by atoms with Gasteiger partial charge < -0.3 is 5.32 Å². The van der Waals surface area contributed by atoms with Crippen LogP contribution in [0.15, 0.2) is 12.2 Å². The normalized spacial score (nSPS) is 11.5. The number of hydrogen-bond acceptors (Lipinski definition) is 2. The first-order valence-corrected chi connectivity index (χ1v) is 4.97. The van der Waals surface area contributed by atoms with E-state index in [1.165, 1.54) is 0 Å². The van der Waals surface area contributed by atoms with Crippen LogP contribution in [-0.4, -0.2) is 11.9 Å². The molecule has 0 aliphatic carbocycles. The molecule has 0 heterocycles. The predicted octanol–water partition coefficient (Wildman–Crippen LogP) is 2.15. The van der Waals surface area contributed by atoms with Gasteiger partial charge in [-0.3, -0.25) is 4.79 Å². The van der Waals surface area contributed by atoms with E-state index in [0.29, 0.717) is 5.57 Å². The number of nitrogens with one attached hydrogen (secondary N) is 1. The van der Waals surface area contributed by atoms with E-state index in [1.54, 1.807) is 6.92 Å². The summed E-state index contributed by atoms with van der Waals surface area (Å²) < 4.78 is 0. The third-order valence-corrected chi connectivity index (χ3v) is 1.95. The van der Waals surface area contributed by atoms with Crippen molar-refractivity contribution in [3.05, 3.63) is 12.2 Å². The van der Waals surface area contributed by atoms with Crippen molar-refractivity contribution >= 4 is 5.91 Å². The average Bonchev–Trinajstić information content (AvgIpc) is 2.16. The lowest BCUT2D eigenvalue weighted by atomic mass is 10.1. The molecular weight excluding hydrogens is 176 g/mol. The molecule has 1 N–H and O–H groups in total. The zero-order valence-electron chi connectivity index (χ0n) is 8.97. The van der Waals surface area contributed by atoms with E-state index in [9.17, 15) is 4.79 Å². The van der Waals surface area contributed by atoms with Crippen molar-refractivity contribution < 1.29 is 4.79 Å². The molecule has 0 aromatic carbocycles. The van der Waals surface area contributed by atoms with Gasteiger partial charge in [-0.1, -0.05) is 32.8 Å². The van der Waals surface area contributed by atoms with Gasteiger partial charge in [-0.2, -0.15) is 5.26 Å². The number of unbranched alkanes of at least 4 members (excludes halogenated alkanes) is 2. The second-order valence-corrected chi connectivity index (χ2v) is 3.43. The number of amides is 1. The van der Waals surface area contributed by atoms with Crippen LogP contribution in [0.1, 0.15) is 39.5 Å². The maximum Gasteiger partial charge on any atom is 0.247 e. The molecule has 0 aliphatic heterocycles. The van der Waals surface area contributed by atoms with E-state index in [0.717, 1.165) is 25.7 Å². The van der Waals surface area contributed by atoms with Crippen molar-refractivity contribution in [1.29, 1.82) is 5.26 Å². The summed E-state index contributed by atoms with van der Waals surface area (Å²) in [6.45, 7) is 7.26. The fourth-order valence-corrected chi connectivity index (χ4v) is 1.05. The van der Waals surface area contributed by atoms with Crippen molar-refractivity contribution in [2.24, 2.45) is 0 Å². The second kappa shape index (κ2) is 7.14. The molecule has 0 bridgehead atoms. The molecule has 0 radical (unpaired) electrons. The summed E-state index contributed by atoms with van der Waals surface area (Å²) in [6, 6.07) is 1.70. The smallest absolute Gasteiger partial charge is 0.247 e. The zero-order chi connectivity index (χ0) is 11.0. The van der Waals surface area contributed by atoms with Crippen LogP contribution in [0.5, 0.6) is 0 Å². The van der Waals surface area contributed by atoms with Crippen LogP contribution in [0.3, 0.4) is 0 Å². The third-order valence-electron chi connectivity index (χ3n) is 1.95. The van der Waals surface area contributed by atoms with Gasteiger partial charge >= 0.3 is 0 Å². The van der Waals surface area contributed by atoms with Crippen LogP contribution < -0.4 is 5.32 Å². The lowest BCUT2D eigenvalue weighted by Gasteiger charge is -2.10. The molecule has 0 aliphatic rings. The molecule has 0 aromatic rings. The molecule has 0 saturated carbocycles. The van der Waals surface area contributed by atoms with E-state index in [2.05, 4.69) is 24.9 Å². The highest BCUT2D eigenvalue weighted by atomic mass is 16.1. The number of rotatable bonds is 6. The van der Waals surface area contributed by atoms with Gasteiger partial charge in [0, 0.05) is 5.57 Å². The summed E-state index contributed by atoms with van der Waals surface area (Å²) in [5, 5.41) is 11.4. The maximum atomic E-state index is 11.2. The molecule has 1 amide bonds. The lowest BCUT2D eigenvalue weighted by Crippen LogP contribution is -2.33. The monoisotopic (exact) mass is 194 g/mol. The Morgan fingerprint density at radius 1 is 1.57 bits per heavy atom. The van der Waals surface area contributed by atoms with Crippen molar-refractivity contribution in [3.63, 3.8) is 0 Å². The minimum Gasteiger partial charge on any atom is -0.337 e. The summed E-state index contributed by atoms with van der Waals surface area (Å²) in [6.07, 6.45) is 3.92. The molecule has 0 rings (SSSR count). The fraction of sp³-hybridized carbons (Fsp3) is 0.636. The first-order valence-electron chi connectivity index (χ1n) is 4.97. The predicted molar refractivity (Wildman–Crippen MR) is 56.5 cm³/mol. The van der Waals surface area contributed by atoms with Gasteiger partial charge in [0.05, 0.1) is 6.07 Å². The molecular formula is C11H18N2O. The molecule has 0 spiro atoms. The number of carbonyl (C=O) groups excluding carboxylic acids is 1. The van der Waals surface area contributed by atoms with E-state index < -0.39 is 0 Å². The molecule has 3 heteroatoms.